The Kier molecular flexibility index (Phi) is 6.92. The van der Waals surface area contributed by atoms with Crippen LogP contribution in [0.15, 0.2) is 9.24 Å². The zero-order valence-corrected chi connectivity index (χ0v) is 12.3. The second-order valence-corrected chi connectivity index (χ2v) is 6.52. The predicted octanol–water partition coefficient (Wildman–Crippen LogP) is 3.85. The molecule has 0 aliphatic rings. The normalized spacial score (nSPS) is 11.2. The second kappa shape index (κ2) is 7.94. The molecule has 0 fully saturated rings. The SMILES string of the molecule is CC(C)OCCSc1snc(SC(F)F)c1C#N. The maximum Gasteiger partial charge on any atom is 0.290 e. The van der Waals surface area contributed by atoms with Crippen LogP contribution in [-0.4, -0.2) is 28.6 Å². The van der Waals surface area contributed by atoms with E-state index in [0.29, 0.717) is 28.3 Å². The Hall–Kier alpha value is -0.360. The first-order valence-electron chi connectivity index (χ1n) is 5.13. The number of halogens is 2. The molecule has 1 heterocycles. The quantitative estimate of drug-likeness (QED) is 0.565. The molecule has 1 rings (SSSR count). The standard InChI is InChI=1S/C10H12F2N2OS3/c1-6(2)15-3-4-16-9-7(5-13)8(14-18-9)17-10(11)12/h6,10H,3-4H2,1-2H3. The van der Waals surface area contributed by atoms with Gasteiger partial charge in [0.25, 0.3) is 5.76 Å². The summed E-state index contributed by atoms with van der Waals surface area (Å²) in [6.45, 7) is 4.44. The van der Waals surface area contributed by atoms with Crippen LogP contribution in [0.25, 0.3) is 0 Å². The van der Waals surface area contributed by atoms with E-state index in [9.17, 15) is 8.78 Å². The van der Waals surface area contributed by atoms with Gasteiger partial charge in [-0.3, -0.25) is 0 Å². The predicted molar refractivity (Wildman–Crippen MR) is 70.5 cm³/mol. The maximum atomic E-state index is 12.2. The van der Waals surface area contributed by atoms with E-state index in [0.717, 1.165) is 11.5 Å². The van der Waals surface area contributed by atoms with Crippen LogP contribution in [-0.2, 0) is 4.74 Å². The van der Waals surface area contributed by atoms with E-state index in [1.165, 1.54) is 11.8 Å². The molecule has 0 aliphatic carbocycles. The Balaban J connectivity index is 2.56. The molecule has 0 unspecified atom stereocenters. The molecule has 1 aromatic rings. The summed E-state index contributed by atoms with van der Waals surface area (Å²) in [5.41, 5.74) is 0.250. The number of alkyl halides is 2. The monoisotopic (exact) mass is 310 g/mol. The molecular formula is C10H12F2N2OS3. The van der Waals surface area contributed by atoms with Crippen molar-refractivity contribution in [3.05, 3.63) is 5.56 Å². The highest BCUT2D eigenvalue weighted by Crippen LogP contribution is 2.36. The summed E-state index contributed by atoms with van der Waals surface area (Å²) in [5.74, 6) is -1.88. The van der Waals surface area contributed by atoms with Gasteiger partial charge in [-0.15, -0.1) is 11.8 Å². The van der Waals surface area contributed by atoms with Crippen molar-refractivity contribution in [3.8, 4) is 6.07 Å². The lowest BCUT2D eigenvalue weighted by molar-refractivity contribution is 0.0920. The molecule has 0 bridgehead atoms. The zero-order valence-electron chi connectivity index (χ0n) is 9.85. The average molecular weight is 310 g/mol. The minimum Gasteiger partial charge on any atom is -0.378 e. The average Bonchev–Trinajstić information content (AvgIpc) is 2.65. The molecule has 0 N–H and O–H groups in total. The number of hydrogen-bond donors (Lipinski definition) is 0. The van der Waals surface area contributed by atoms with Crippen LogP contribution in [0.3, 0.4) is 0 Å². The fourth-order valence-electron chi connectivity index (χ4n) is 1.04. The number of hydrogen-bond acceptors (Lipinski definition) is 6. The molecule has 0 saturated heterocycles. The van der Waals surface area contributed by atoms with Gasteiger partial charge in [-0.2, -0.15) is 18.4 Å². The molecule has 0 saturated carbocycles. The molecule has 0 aliphatic heterocycles. The largest absolute Gasteiger partial charge is 0.378 e. The first-order valence-corrected chi connectivity index (χ1v) is 7.77. The summed E-state index contributed by atoms with van der Waals surface area (Å²) in [6, 6.07) is 1.93. The third-order valence-corrected chi connectivity index (χ3v) is 4.58. The number of aromatic nitrogens is 1. The molecule has 0 aromatic carbocycles. The Labute approximate surface area is 117 Å². The van der Waals surface area contributed by atoms with Gasteiger partial charge < -0.3 is 4.74 Å². The van der Waals surface area contributed by atoms with Gasteiger partial charge >= 0.3 is 0 Å². The Morgan fingerprint density at radius 2 is 2.22 bits per heavy atom. The van der Waals surface area contributed by atoms with Crippen molar-refractivity contribution in [2.24, 2.45) is 0 Å². The summed E-state index contributed by atoms with van der Waals surface area (Å²) < 4.78 is 34.4. The Morgan fingerprint density at radius 3 is 2.78 bits per heavy atom. The highest BCUT2D eigenvalue weighted by molar-refractivity contribution is 8.01. The van der Waals surface area contributed by atoms with Crippen LogP contribution >= 0.6 is 35.1 Å². The topological polar surface area (TPSA) is 45.9 Å². The van der Waals surface area contributed by atoms with Gasteiger partial charge in [-0.05, 0) is 37.1 Å². The minimum atomic E-state index is -2.55. The zero-order chi connectivity index (χ0) is 13.5. The van der Waals surface area contributed by atoms with Gasteiger partial charge in [0, 0.05) is 5.75 Å². The van der Waals surface area contributed by atoms with Crippen LogP contribution in [0.4, 0.5) is 8.78 Å². The number of nitrogens with zero attached hydrogens (tertiary/aromatic N) is 2. The Bertz CT molecular complexity index is 418. The van der Waals surface area contributed by atoms with E-state index in [1.807, 2.05) is 19.9 Å². The van der Waals surface area contributed by atoms with Crippen LogP contribution in [0.2, 0.25) is 0 Å². The van der Waals surface area contributed by atoms with Crippen molar-refractivity contribution >= 4 is 35.1 Å². The molecule has 1 aromatic heterocycles. The lowest BCUT2D eigenvalue weighted by Gasteiger charge is -2.05. The van der Waals surface area contributed by atoms with Crippen molar-refractivity contribution in [2.75, 3.05) is 12.4 Å². The van der Waals surface area contributed by atoms with E-state index < -0.39 is 5.76 Å². The fraction of sp³-hybridized carbons (Fsp3) is 0.600. The van der Waals surface area contributed by atoms with E-state index in [2.05, 4.69) is 4.37 Å². The van der Waals surface area contributed by atoms with Gasteiger partial charge in [-0.25, -0.2) is 0 Å². The van der Waals surface area contributed by atoms with Gasteiger partial charge in [0.1, 0.15) is 16.7 Å². The maximum absolute atomic E-state index is 12.2. The van der Waals surface area contributed by atoms with Crippen molar-refractivity contribution in [1.82, 2.24) is 4.37 Å². The first kappa shape index (κ1) is 15.7. The molecular weight excluding hydrogens is 298 g/mol. The lowest BCUT2D eigenvalue weighted by Crippen LogP contribution is -2.05. The molecule has 0 amide bonds. The summed E-state index contributed by atoms with van der Waals surface area (Å²) in [4.78, 5) is 0. The molecule has 3 nitrogen and oxygen atoms in total. The van der Waals surface area contributed by atoms with E-state index in [1.54, 1.807) is 0 Å². The van der Waals surface area contributed by atoms with Gasteiger partial charge in [-0.1, -0.05) is 0 Å². The van der Waals surface area contributed by atoms with Crippen molar-refractivity contribution in [3.63, 3.8) is 0 Å². The lowest BCUT2D eigenvalue weighted by atomic mass is 10.4. The third kappa shape index (κ3) is 5.10. The fourth-order valence-corrected chi connectivity index (χ4v) is 3.60. The second-order valence-electron chi connectivity index (χ2n) is 3.41. The van der Waals surface area contributed by atoms with E-state index in [-0.39, 0.29) is 16.7 Å². The number of thioether (sulfide) groups is 2. The number of ether oxygens (including phenoxy) is 1. The van der Waals surface area contributed by atoms with Crippen molar-refractivity contribution in [1.29, 1.82) is 5.26 Å². The smallest absolute Gasteiger partial charge is 0.290 e. The summed E-state index contributed by atoms with van der Waals surface area (Å²) in [6.07, 6.45) is 0.160. The molecule has 100 valence electrons. The first-order chi connectivity index (χ1) is 8.54. The number of nitriles is 1. The Morgan fingerprint density at radius 1 is 1.50 bits per heavy atom. The third-order valence-electron chi connectivity index (χ3n) is 1.71. The molecule has 0 spiro atoms. The van der Waals surface area contributed by atoms with Gasteiger partial charge in [0.15, 0.2) is 0 Å². The summed E-state index contributed by atoms with van der Waals surface area (Å²) in [7, 11) is 0. The molecule has 0 atom stereocenters. The van der Waals surface area contributed by atoms with Crippen molar-refractivity contribution < 1.29 is 13.5 Å². The van der Waals surface area contributed by atoms with Crippen LogP contribution in [0.1, 0.15) is 19.4 Å². The molecule has 0 radical (unpaired) electrons. The number of rotatable bonds is 7. The van der Waals surface area contributed by atoms with E-state index in [4.69, 9.17) is 10.00 Å². The van der Waals surface area contributed by atoms with Gasteiger partial charge in [0.05, 0.1) is 16.9 Å². The van der Waals surface area contributed by atoms with Gasteiger partial charge in [0.2, 0.25) is 0 Å². The molecule has 8 heteroatoms. The van der Waals surface area contributed by atoms with Crippen LogP contribution in [0.5, 0.6) is 0 Å². The minimum absolute atomic E-state index is 0.116. The van der Waals surface area contributed by atoms with Crippen LogP contribution < -0.4 is 0 Å². The summed E-state index contributed by atoms with van der Waals surface area (Å²) in [5, 5.41) is 9.08. The summed E-state index contributed by atoms with van der Waals surface area (Å²) >= 11 is 2.81. The van der Waals surface area contributed by atoms with Crippen LogP contribution in [0, 0.1) is 11.3 Å². The highest BCUT2D eigenvalue weighted by Gasteiger charge is 2.18. The van der Waals surface area contributed by atoms with Crippen molar-refractivity contribution in [2.45, 2.75) is 34.9 Å². The highest BCUT2D eigenvalue weighted by atomic mass is 32.2. The molecule has 18 heavy (non-hydrogen) atoms. The van der Waals surface area contributed by atoms with E-state index >= 15 is 0 Å².